The van der Waals surface area contributed by atoms with Crippen LogP contribution in [-0.2, 0) is 5.41 Å². The molecule has 0 aliphatic heterocycles. The lowest BCUT2D eigenvalue weighted by Gasteiger charge is -2.22. The molecule has 51 heavy (non-hydrogen) atoms. The summed E-state index contributed by atoms with van der Waals surface area (Å²) in [6, 6.07) is 60.9. The number of thiophene rings is 1. The number of fused-ring (bicyclic) bond motifs is 13. The van der Waals surface area contributed by atoms with Gasteiger partial charge >= 0.3 is 0 Å². The Morgan fingerprint density at radius 2 is 1.08 bits per heavy atom. The normalized spacial score (nSPS) is 13.5. The van der Waals surface area contributed by atoms with Crippen molar-refractivity contribution >= 4 is 64.1 Å². The molecule has 0 N–H and O–H groups in total. The smallest absolute Gasteiger partial charge is 0.0626 e. The zero-order chi connectivity index (χ0) is 33.8. The highest BCUT2D eigenvalue weighted by Crippen LogP contribution is 2.51. The van der Waals surface area contributed by atoms with E-state index in [-0.39, 0.29) is 5.41 Å². The summed E-state index contributed by atoms with van der Waals surface area (Å²) in [6.07, 6.45) is 0. The van der Waals surface area contributed by atoms with E-state index in [1.165, 1.54) is 103 Å². The summed E-state index contributed by atoms with van der Waals surface area (Å²) in [4.78, 5) is 0. The Bertz CT molecular complexity index is 3030. The highest BCUT2D eigenvalue weighted by atomic mass is 32.1. The fourth-order valence-electron chi connectivity index (χ4n) is 8.94. The largest absolute Gasteiger partial charge is 0.309 e. The van der Waals surface area contributed by atoms with Gasteiger partial charge in [0.15, 0.2) is 0 Å². The molecule has 1 aliphatic carbocycles. The van der Waals surface area contributed by atoms with E-state index < -0.39 is 0 Å². The standard InChI is InChI=1S/C49H33NS/c1-49(2)41-18-10-8-14-35(41)36-26-22-33(29-42(36)49)32-23-27-43-40(28-32)45-46-39-17-9-11-19-44(39)51-48(46)38-16-7-6-15-37(38)47(45)50(43)34-24-20-31(21-25-34)30-12-4-3-5-13-30/h3-29H,1-2H3. The molecule has 11 rings (SSSR count). The average Bonchev–Trinajstić information content (AvgIpc) is 3.81. The van der Waals surface area contributed by atoms with Crippen molar-refractivity contribution in [3.8, 4) is 39.1 Å². The van der Waals surface area contributed by atoms with Gasteiger partial charge in [-0.1, -0.05) is 141 Å². The number of hydrogen-bond donors (Lipinski definition) is 0. The van der Waals surface area contributed by atoms with Crippen LogP contribution in [0.15, 0.2) is 164 Å². The maximum Gasteiger partial charge on any atom is 0.0626 e. The number of aromatic nitrogens is 1. The van der Waals surface area contributed by atoms with Crippen molar-refractivity contribution in [3.05, 3.63) is 175 Å². The van der Waals surface area contributed by atoms with E-state index in [1.54, 1.807) is 0 Å². The number of nitrogens with zero attached hydrogens (tertiary/aromatic N) is 1. The van der Waals surface area contributed by atoms with Crippen LogP contribution >= 0.6 is 11.3 Å². The summed E-state index contributed by atoms with van der Waals surface area (Å²) in [7, 11) is 0. The second-order valence-corrected chi connectivity index (χ2v) is 15.5. The third kappa shape index (κ3) is 4.03. The van der Waals surface area contributed by atoms with Crippen LogP contribution in [0.25, 0.3) is 91.8 Å². The molecule has 1 nitrogen and oxygen atoms in total. The van der Waals surface area contributed by atoms with E-state index in [1.807, 2.05) is 11.3 Å². The van der Waals surface area contributed by atoms with Crippen molar-refractivity contribution in [1.29, 1.82) is 0 Å². The summed E-state index contributed by atoms with van der Waals surface area (Å²) in [5.74, 6) is 0. The van der Waals surface area contributed by atoms with Gasteiger partial charge in [0.1, 0.15) is 0 Å². The molecule has 0 saturated heterocycles. The molecule has 10 aromatic rings. The molecule has 0 radical (unpaired) electrons. The zero-order valence-electron chi connectivity index (χ0n) is 28.4. The van der Waals surface area contributed by atoms with Crippen LogP contribution in [0.3, 0.4) is 0 Å². The Morgan fingerprint density at radius 1 is 0.451 bits per heavy atom. The second-order valence-electron chi connectivity index (χ2n) is 14.5. The Morgan fingerprint density at radius 3 is 1.92 bits per heavy atom. The lowest BCUT2D eigenvalue weighted by molar-refractivity contribution is 0.660. The summed E-state index contributed by atoms with van der Waals surface area (Å²) in [5.41, 5.74) is 14.1. The van der Waals surface area contributed by atoms with E-state index in [0.29, 0.717) is 0 Å². The summed E-state index contributed by atoms with van der Waals surface area (Å²) < 4.78 is 5.20. The van der Waals surface area contributed by atoms with Crippen molar-refractivity contribution in [1.82, 2.24) is 4.57 Å². The van der Waals surface area contributed by atoms with Gasteiger partial charge < -0.3 is 4.57 Å². The minimum absolute atomic E-state index is 0.0470. The van der Waals surface area contributed by atoms with E-state index in [4.69, 9.17) is 0 Å². The van der Waals surface area contributed by atoms with Crippen LogP contribution < -0.4 is 0 Å². The van der Waals surface area contributed by atoms with E-state index in [2.05, 4.69) is 182 Å². The lowest BCUT2D eigenvalue weighted by Crippen LogP contribution is -2.14. The van der Waals surface area contributed by atoms with Gasteiger partial charge in [0.05, 0.1) is 11.0 Å². The molecule has 2 aromatic heterocycles. The minimum atomic E-state index is -0.0470. The van der Waals surface area contributed by atoms with Crippen LogP contribution in [-0.4, -0.2) is 4.57 Å². The fraction of sp³-hybridized carbons (Fsp3) is 0.0612. The van der Waals surface area contributed by atoms with Gasteiger partial charge in [0.2, 0.25) is 0 Å². The van der Waals surface area contributed by atoms with Crippen LogP contribution in [0.2, 0.25) is 0 Å². The van der Waals surface area contributed by atoms with E-state index in [0.717, 1.165) is 0 Å². The van der Waals surface area contributed by atoms with Gasteiger partial charge in [-0.2, -0.15) is 0 Å². The quantitative estimate of drug-likeness (QED) is 0.177. The molecule has 0 unspecified atom stereocenters. The van der Waals surface area contributed by atoms with Crippen LogP contribution in [0, 0.1) is 0 Å². The first kappa shape index (κ1) is 28.8. The average molecular weight is 668 g/mol. The zero-order valence-corrected chi connectivity index (χ0v) is 29.3. The van der Waals surface area contributed by atoms with Gasteiger partial charge in [0, 0.05) is 52.8 Å². The van der Waals surface area contributed by atoms with Crippen LogP contribution in [0.5, 0.6) is 0 Å². The van der Waals surface area contributed by atoms with Crippen LogP contribution in [0.4, 0.5) is 0 Å². The molecular formula is C49H33NS. The Balaban J connectivity index is 1.23. The maximum absolute atomic E-state index is 2.51. The molecule has 2 heterocycles. The van der Waals surface area contributed by atoms with Crippen LogP contribution in [0.1, 0.15) is 25.0 Å². The molecule has 0 bridgehead atoms. The fourth-order valence-corrected chi connectivity index (χ4v) is 10.2. The third-order valence-corrected chi connectivity index (χ3v) is 12.6. The summed E-state index contributed by atoms with van der Waals surface area (Å²) in [6.45, 7) is 4.73. The Kier molecular flexibility index (Phi) is 5.95. The highest BCUT2D eigenvalue weighted by Gasteiger charge is 2.35. The Labute approximate surface area is 300 Å². The SMILES string of the molecule is CC1(C)c2ccccc2-c2ccc(-c3ccc4c(c3)c3c5c6ccccc6sc5c5ccccc5c3n4-c3ccc(-c4ccccc4)cc3)cc21. The van der Waals surface area contributed by atoms with Gasteiger partial charge in [0.25, 0.3) is 0 Å². The first-order valence-corrected chi connectivity index (χ1v) is 18.6. The molecule has 0 spiro atoms. The first-order valence-electron chi connectivity index (χ1n) is 17.8. The van der Waals surface area contributed by atoms with Crippen molar-refractivity contribution < 1.29 is 0 Å². The van der Waals surface area contributed by atoms with Crippen molar-refractivity contribution in [2.75, 3.05) is 0 Å². The van der Waals surface area contributed by atoms with Gasteiger partial charge in [-0.05, 0) is 80.9 Å². The molecule has 0 atom stereocenters. The minimum Gasteiger partial charge on any atom is -0.309 e. The molecule has 8 aromatic carbocycles. The first-order chi connectivity index (χ1) is 25.1. The summed E-state index contributed by atoms with van der Waals surface area (Å²) >= 11 is 1.92. The highest BCUT2D eigenvalue weighted by molar-refractivity contribution is 7.27. The van der Waals surface area contributed by atoms with Gasteiger partial charge in [-0.15, -0.1) is 11.3 Å². The molecule has 0 amide bonds. The molecular weight excluding hydrogens is 635 g/mol. The predicted molar refractivity (Wildman–Crippen MR) is 220 cm³/mol. The van der Waals surface area contributed by atoms with Gasteiger partial charge in [-0.25, -0.2) is 0 Å². The Hall–Kier alpha value is -5.96. The topological polar surface area (TPSA) is 4.93 Å². The molecule has 2 heteroatoms. The molecule has 0 fully saturated rings. The lowest BCUT2D eigenvalue weighted by atomic mass is 9.81. The second kappa shape index (κ2) is 10.5. The van der Waals surface area contributed by atoms with E-state index >= 15 is 0 Å². The number of benzene rings is 8. The summed E-state index contributed by atoms with van der Waals surface area (Å²) in [5, 5.41) is 7.90. The van der Waals surface area contributed by atoms with Gasteiger partial charge in [-0.3, -0.25) is 0 Å². The predicted octanol–water partition coefficient (Wildman–Crippen LogP) is 13.9. The molecule has 240 valence electrons. The maximum atomic E-state index is 2.51. The van der Waals surface area contributed by atoms with E-state index in [9.17, 15) is 0 Å². The van der Waals surface area contributed by atoms with Crippen molar-refractivity contribution in [2.24, 2.45) is 0 Å². The monoisotopic (exact) mass is 667 g/mol. The number of rotatable bonds is 3. The molecule has 0 saturated carbocycles. The van der Waals surface area contributed by atoms with Crippen molar-refractivity contribution in [3.63, 3.8) is 0 Å². The van der Waals surface area contributed by atoms with Crippen molar-refractivity contribution in [2.45, 2.75) is 19.3 Å². The third-order valence-electron chi connectivity index (χ3n) is 11.4. The number of hydrogen-bond acceptors (Lipinski definition) is 1. The molecule has 1 aliphatic rings.